The van der Waals surface area contributed by atoms with Gasteiger partial charge in [-0.1, -0.05) is 29.8 Å². The van der Waals surface area contributed by atoms with E-state index < -0.39 is 0 Å². The van der Waals surface area contributed by atoms with Crippen LogP contribution in [0.3, 0.4) is 0 Å². The van der Waals surface area contributed by atoms with Crippen molar-refractivity contribution in [2.75, 3.05) is 32.8 Å². The van der Waals surface area contributed by atoms with Crippen LogP contribution in [0.1, 0.15) is 49.8 Å². The second-order valence-corrected chi connectivity index (χ2v) is 8.07. The number of hydrogen-bond acceptors (Lipinski definition) is 3. The molecule has 7 heteroatoms. The minimum Gasteiger partial charge on any atom is -0.373 e. The largest absolute Gasteiger partial charge is 0.373 e. The van der Waals surface area contributed by atoms with Gasteiger partial charge in [0.25, 0.3) is 0 Å². The number of urea groups is 1. The van der Waals surface area contributed by atoms with E-state index in [2.05, 4.69) is 48.7 Å². The highest BCUT2D eigenvalue weighted by Gasteiger charge is 2.28. The molecule has 0 aliphatic carbocycles. The molecule has 2 aliphatic heterocycles. The Morgan fingerprint density at radius 1 is 1.24 bits per heavy atom. The molecule has 4 N–H and O–H groups in total. The Morgan fingerprint density at radius 3 is 2.62 bits per heavy atom. The Bertz CT molecular complexity index is 683. The number of amides is 2. The van der Waals surface area contributed by atoms with E-state index in [1.165, 1.54) is 11.1 Å². The second kappa shape index (κ2) is 10.5. The fraction of sp³-hybridized carbons (Fsp3) is 0.636. The van der Waals surface area contributed by atoms with Gasteiger partial charge in [-0.2, -0.15) is 0 Å². The molecule has 2 amide bonds. The van der Waals surface area contributed by atoms with Crippen LogP contribution in [0, 0.1) is 12.8 Å². The van der Waals surface area contributed by atoms with Gasteiger partial charge in [0.2, 0.25) is 0 Å². The van der Waals surface area contributed by atoms with Crippen LogP contribution in [0.5, 0.6) is 0 Å². The van der Waals surface area contributed by atoms with Crippen LogP contribution in [0.25, 0.3) is 0 Å². The number of piperidine rings is 1. The molecule has 2 saturated heterocycles. The van der Waals surface area contributed by atoms with Crippen molar-refractivity contribution in [1.29, 1.82) is 0 Å². The summed E-state index contributed by atoms with van der Waals surface area (Å²) in [6, 6.07) is 8.63. The average Bonchev–Trinajstić information content (AvgIpc) is 2.73. The Balaban J connectivity index is 1.60. The van der Waals surface area contributed by atoms with Crippen LogP contribution in [-0.2, 0) is 4.74 Å². The number of benzene rings is 1. The van der Waals surface area contributed by atoms with Crippen LogP contribution >= 0.6 is 0 Å². The molecule has 2 fully saturated rings. The van der Waals surface area contributed by atoms with Crippen molar-refractivity contribution in [1.82, 2.24) is 15.5 Å². The van der Waals surface area contributed by atoms with Gasteiger partial charge in [0.1, 0.15) is 0 Å². The summed E-state index contributed by atoms with van der Waals surface area (Å²) in [6.07, 6.45) is 4.07. The summed E-state index contributed by atoms with van der Waals surface area (Å²) in [7, 11) is 0. The fourth-order valence-electron chi connectivity index (χ4n) is 4.12. The summed E-state index contributed by atoms with van der Waals surface area (Å²) >= 11 is 0. The lowest BCUT2D eigenvalue weighted by Crippen LogP contribution is -2.50. The molecule has 0 aromatic heterocycles. The summed E-state index contributed by atoms with van der Waals surface area (Å²) in [5, 5.41) is 6.90. The first-order valence-corrected chi connectivity index (χ1v) is 10.8. The third kappa shape index (κ3) is 6.10. The Kier molecular flexibility index (Phi) is 7.75. The molecule has 1 aromatic carbocycles. The predicted molar refractivity (Wildman–Crippen MR) is 116 cm³/mol. The van der Waals surface area contributed by atoms with E-state index in [0.29, 0.717) is 25.0 Å². The standard InChI is InChI=1S/C22H35N5O2/c1-3-24-22(26-19-10-12-27(13-11-19)21(23)28)25-15-18-5-4-14-29-20(18)17-8-6-16(2)7-9-17/h6-9,18-20H,3-5,10-15H2,1-2H3,(H2,23,28)(H2,24,25,26). The molecule has 2 aliphatic rings. The predicted octanol–water partition coefficient (Wildman–Crippen LogP) is 2.56. The number of aliphatic imine (C=N–C) groups is 1. The van der Waals surface area contributed by atoms with Gasteiger partial charge in [-0.05, 0) is 45.1 Å². The lowest BCUT2D eigenvalue weighted by Gasteiger charge is -2.33. The van der Waals surface area contributed by atoms with Gasteiger partial charge in [0.05, 0.1) is 6.10 Å². The van der Waals surface area contributed by atoms with E-state index >= 15 is 0 Å². The second-order valence-electron chi connectivity index (χ2n) is 8.07. The lowest BCUT2D eigenvalue weighted by atomic mass is 9.89. The van der Waals surface area contributed by atoms with E-state index in [-0.39, 0.29) is 12.1 Å². The highest BCUT2D eigenvalue weighted by atomic mass is 16.5. The molecular formula is C22H35N5O2. The fourth-order valence-corrected chi connectivity index (χ4v) is 4.12. The number of hydrogen-bond donors (Lipinski definition) is 3. The van der Waals surface area contributed by atoms with Crippen molar-refractivity contribution in [2.45, 2.75) is 51.7 Å². The number of likely N-dealkylation sites (tertiary alicyclic amines) is 1. The first-order chi connectivity index (χ1) is 14.1. The maximum Gasteiger partial charge on any atom is 0.314 e. The zero-order chi connectivity index (χ0) is 20.6. The molecule has 160 valence electrons. The molecule has 0 bridgehead atoms. The molecule has 0 radical (unpaired) electrons. The third-order valence-corrected chi connectivity index (χ3v) is 5.83. The number of carbonyl (C=O) groups is 1. The van der Waals surface area contributed by atoms with E-state index in [1.807, 2.05) is 0 Å². The maximum atomic E-state index is 11.3. The summed E-state index contributed by atoms with van der Waals surface area (Å²) in [5.74, 6) is 1.22. The smallest absolute Gasteiger partial charge is 0.314 e. The van der Waals surface area contributed by atoms with Gasteiger partial charge in [0.15, 0.2) is 5.96 Å². The van der Waals surface area contributed by atoms with Crippen LogP contribution in [0.2, 0.25) is 0 Å². The van der Waals surface area contributed by atoms with Crippen LogP contribution in [0.15, 0.2) is 29.3 Å². The normalized spacial score (nSPS) is 23.7. The number of ether oxygens (including phenoxy) is 1. The number of rotatable bonds is 5. The highest BCUT2D eigenvalue weighted by molar-refractivity contribution is 5.80. The molecule has 2 atom stereocenters. The van der Waals surface area contributed by atoms with Gasteiger partial charge in [-0.3, -0.25) is 4.99 Å². The summed E-state index contributed by atoms with van der Waals surface area (Å²) in [6.45, 7) is 7.93. The first-order valence-electron chi connectivity index (χ1n) is 10.8. The summed E-state index contributed by atoms with van der Waals surface area (Å²) < 4.78 is 6.13. The highest BCUT2D eigenvalue weighted by Crippen LogP contribution is 2.34. The van der Waals surface area contributed by atoms with Crippen molar-refractivity contribution >= 4 is 12.0 Å². The van der Waals surface area contributed by atoms with Gasteiger partial charge in [-0.15, -0.1) is 0 Å². The van der Waals surface area contributed by atoms with E-state index in [0.717, 1.165) is 51.3 Å². The zero-order valence-corrected chi connectivity index (χ0v) is 17.7. The molecule has 3 rings (SSSR count). The van der Waals surface area contributed by atoms with Crippen molar-refractivity contribution in [3.63, 3.8) is 0 Å². The number of primary amides is 1. The van der Waals surface area contributed by atoms with Crippen molar-refractivity contribution in [2.24, 2.45) is 16.6 Å². The lowest BCUT2D eigenvalue weighted by molar-refractivity contribution is -0.0250. The zero-order valence-electron chi connectivity index (χ0n) is 17.7. The Labute approximate surface area is 174 Å². The molecule has 7 nitrogen and oxygen atoms in total. The summed E-state index contributed by atoms with van der Waals surface area (Å²) in [4.78, 5) is 17.9. The average molecular weight is 402 g/mol. The van der Waals surface area contributed by atoms with Crippen molar-refractivity contribution in [3.05, 3.63) is 35.4 Å². The van der Waals surface area contributed by atoms with Gasteiger partial charge < -0.3 is 26.0 Å². The molecule has 0 spiro atoms. The van der Waals surface area contributed by atoms with Gasteiger partial charge in [-0.25, -0.2) is 4.79 Å². The molecule has 1 aromatic rings. The number of nitrogens with two attached hydrogens (primary N) is 1. The number of nitrogens with one attached hydrogen (secondary N) is 2. The minimum absolute atomic E-state index is 0.106. The Hall–Kier alpha value is -2.28. The van der Waals surface area contributed by atoms with Gasteiger partial charge in [0, 0.05) is 44.7 Å². The first kappa shape index (κ1) is 21.4. The van der Waals surface area contributed by atoms with E-state index in [4.69, 9.17) is 15.5 Å². The quantitative estimate of drug-likeness (QED) is 0.522. The minimum atomic E-state index is -0.330. The van der Waals surface area contributed by atoms with Crippen LogP contribution < -0.4 is 16.4 Å². The monoisotopic (exact) mass is 401 g/mol. The van der Waals surface area contributed by atoms with Crippen LogP contribution in [0.4, 0.5) is 4.79 Å². The molecular weight excluding hydrogens is 366 g/mol. The number of aryl methyl sites for hydroxylation is 1. The van der Waals surface area contributed by atoms with E-state index in [9.17, 15) is 4.79 Å². The number of guanidine groups is 1. The van der Waals surface area contributed by atoms with Gasteiger partial charge >= 0.3 is 6.03 Å². The van der Waals surface area contributed by atoms with Crippen molar-refractivity contribution in [3.8, 4) is 0 Å². The Morgan fingerprint density at radius 2 is 1.97 bits per heavy atom. The number of nitrogens with zero attached hydrogens (tertiary/aromatic N) is 2. The molecule has 2 heterocycles. The summed E-state index contributed by atoms with van der Waals surface area (Å²) in [5.41, 5.74) is 7.89. The molecule has 2 unspecified atom stereocenters. The van der Waals surface area contributed by atoms with Crippen LogP contribution in [-0.4, -0.2) is 55.7 Å². The molecule has 0 saturated carbocycles. The SMILES string of the molecule is CCNC(=NCC1CCCOC1c1ccc(C)cc1)NC1CCN(C(N)=O)CC1. The van der Waals surface area contributed by atoms with E-state index in [1.54, 1.807) is 4.90 Å². The third-order valence-electron chi connectivity index (χ3n) is 5.83. The molecule has 29 heavy (non-hydrogen) atoms. The maximum absolute atomic E-state index is 11.3. The topological polar surface area (TPSA) is 92.0 Å². The van der Waals surface area contributed by atoms with Crippen molar-refractivity contribution < 1.29 is 9.53 Å². The number of carbonyl (C=O) groups excluding carboxylic acids is 1.